The fraction of sp³-hybridized carbons (Fsp3) is 0.100. The minimum atomic E-state index is -2.69. The maximum absolute atomic E-state index is 14.4. The van der Waals surface area contributed by atoms with Crippen LogP contribution < -0.4 is 14.8 Å². The molecule has 3 aromatic rings. The first kappa shape index (κ1) is 21.0. The lowest BCUT2D eigenvalue weighted by Crippen LogP contribution is -2.18. The third-order valence-electron chi connectivity index (χ3n) is 3.96. The molecule has 0 fully saturated rings. The summed E-state index contributed by atoms with van der Waals surface area (Å²) in [6, 6.07) is 8.48. The van der Waals surface area contributed by atoms with Crippen LogP contribution >= 0.6 is 0 Å². The maximum Gasteiger partial charge on any atom is 0.188 e. The Hall–Kier alpha value is -3.71. The fourth-order valence-corrected chi connectivity index (χ4v) is 3.61. The van der Waals surface area contributed by atoms with Crippen LogP contribution in [0.15, 0.2) is 48.8 Å². The molecule has 30 heavy (non-hydrogen) atoms. The summed E-state index contributed by atoms with van der Waals surface area (Å²) >= 11 is 0. The van der Waals surface area contributed by atoms with Crippen LogP contribution in [-0.2, 0) is 9.71 Å². The van der Waals surface area contributed by atoms with Crippen LogP contribution in [0.1, 0.15) is 5.56 Å². The summed E-state index contributed by atoms with van der Waals surface area (Å²) in [5.41, 5.74) is 1.09. The van der Waals surface area contributed by atoms with Crippen molar-refractivity contribution < 1.29 is 17.7 Å². The van der Waals surface area contributed by atoms with E-state index in [0.29, 0.717) is 16.9 Å². The number of ether oxygens (including phenoxy) is 1. The Bertz CT molecular complexity index is 1250. The zero-order valence-electron chi connectivity index (χ0n) is 16.0. The highest BCUT2D eigenvalue weighted by molar-refractivity contribution is 7.99. The van der Waals surface area contributed by atoms with E-state index in [1.54, 1.807) is 18.3 Å². The average molecular weight is 429 g/mol. The monoisotopic (exact) mass is 429 g/mol. The normalized spacial score (nSPS) is 12.4. The average Bonchev–Trinajstić information content (AvgIpc) is 2.69. The van der Waals surface area contributed by atoms with Crippen LogP contribution in [0.5, 0.6) is 5.75 Å². The lowest BCUT2D eigenvalue weighted by atomic mass is 10.0. The SMILES string of the molecule is COc1cc(F)ccc1-c1cc(Nc2cc(C=S(C)(=O)NC#N)ccn2)ncc1F. The van der Waals surface area contributed by atoms with Gasteiger partial charge in [0.05, 0.1) is 23.0 Å². The number of nitrogens with one attached hydrogen (secondary N) is 2. The molecule has 0 aliphatic heterocycles. The van der Waals surface area contributed by atoms with Crippen molar-refractivity contribution >= 4 is 26.7 Å². The number of benzene rings is 1. The minimum absolute atomic E-state index is 0.168. The highest BCUT2D eigenvalue weighted by Crippen LogP contribution is 2.33. The zero-order valence-corrected chi connectivity index (χ0v) is 16.8. The van der Waals surface area contributed by atoms with Crippen LogP contribution in [-0.4, -0.2) is 32.9 Å². The van der Waals surface area contributed by atoms with Crippen LogP contribution in [0.3, 0.4) is 0 Å². The maximum atomic E-state index is 14.4. The van der Waals surface area contributed by atoms with E-state index in [4.69, 9.17) is 10.00 Å². The molecule has 0 aliphatic carbocycles. The van der Waals surface area contributed by atoms with E-state index in [0.717, 1.165) is 6.20 Å². The van der Waals surface area contributed by atoms with E-state index in [1.165, 1.54) is 49.2 Å². The van der Waals surface area contributed by atoms with Gasteiger partial charge in [-0.05, 0) is 35.9 Å². The van der Waals surface area contributed by atoms with Gasteiger partial charge in [0.2, 0.25) is 0 Å². The Kier molecular flexibility index (Phi) is 6.13. The first-order valence-electron chi connectivity index (χ1n) is 8.53. The van der Waals surface area contributed by atoms with Gasteiger partial charge in [-0.2, -0.15) is 5.26 Å². The second-order valence-electron chi connectivity index (χ2n) is 6.23. The molecule has 0 amide bonds. The molecule has 0 spiro atoms. The van der Waals surface area contributed by atoms with Gasteiger partial charge < -0.3 is 10.1 Å². The highest BCUT2D eigenvalue weighted by atomic mass is 32.2. The topological polar surface area (TPSA) is 99.9 Å². The summed E-state index contributed by atoms with van der Waals surface area (Å²) in [6.45, 7) is 0. The largest absolute Gasteiger partial charge is 0.496 e. The molecular formula is C20H17F2N5O2S. The molecular weight excluding hydrogens is 412 g/mol. The Morgan fingerprint density at radius 1 is 1.13 bits per heavy atom. The van der Waals surface area contributed by atoms with Crippen LogP contribution in [0.2, 0.25) is 0 Å². The van der Waals surface area contributed by atoms with Crippen molar-refractivity contribution in [2.75, 3.05) is 18.7 Å². The molecule has 1 atom stereocenters. The van der Waals surface area contributed by atoms with E-state index in [-0.39, 0.29) is 17.1 Å². The molecule has 0 saturated heterocycles. The summed E-state index contributed by atoms with van der Waals surface area (Å²) in [5, 5.41) is 13.0. The van der Waals surface area contributed by atoms with Gasteiger partial charge >= 0.3 is 0 Å². The molecule has 1 aromatic carbocycles. The van der Waals surface area contributed by atoms with E-state index in [1.807, 2.05) is 0 Å². The summed E-state index contributed by atoms with van der Waals surface area (Å²) in [6.07, 6.45) is 5.58. The molecule has 0 aliphatic rings. The van der Waals surface area contributed by atoms with Crippen LogP contribution in [0, 0.1) is 23.1 Å². The summed E-state index contributed by atoms with van der Waals surface area (Å²) < 4.78 is 47.5. The molecule has 0 saturated carbocycles. The first-order valence-corrected chi connectivity index (χ1v) is 10.6. The molecule has 154 valence electrons. The lowest BCUT2D eigenvalue weighted by molar-refractivity contribution is 0.412. The van der Waals surface area contributed by atoms with E-state index < -0.39 is 21.3 Å². The molecule has 1 unspecified atom stereocenters. The highest BCUT2D eigenvalue weighted by Gasteiger charge is 2.14. The number of hydrogen-bond donors (Lipinski definition) is 2. The van der Waals surface area contributed by atoms with Crippen LogP contribution in [0.25, 0.3) is 11.1 Å². The molecule has 10 heteroatoms. The molecule has 0 radical (unpaired) electrons. The second-order valence-corrected chi connectivity index (χ2v) is 8.48. The van der Waals surface area contributed by atoms with Gasteiger partial charge in [0.25, 0.3) is 0 Å². The first-order chi connectivity index (χ1) is 14.3. The second kappa shape index (κ2) is 8.75. The van der Waals surface area contributed by atoms with Gasteiger partial charge in [-0.25, -0.2) is 27.7 Å². The number of anilines is 2. The van der Waals surface area contributed by atoms with Crippen LogP contribution in [0.4, 0.5) is 20.4 Å². The lowest BCUT2D eigenvalue weighted by Gasteiger charge is -2.12. The predicted molar refractivity (Wildman–Crippen MR) is 112 cm³/mol. The zero-order chi connectivity index (χ0) is 21.7. The molecule has 2 N–H and O–H groups in total. The summed E-state index contributed by atoms with van der Waals surface area (Å²) in [7, 11) is -1.31. The Morgan fingerprint density at radius 3 is 2.63 bits per heavy atom. The number of hydrogen-bond acceptors (Lipinski definition) is 6. The van der Waals surface area contributed by atoms with Gasteiger partial charge in [-0.15, -0.1) is 0 Å². The fourth-order valence-electron chi connectivity index (χ4n) is 2.70. The number of halogens is 2. The Morgan fingerprint density at radius 2 is 1.90 bits per heavy atom. The third-order valence-corrected chi connectivity index (χ3v) is 5.18. The van der Waals surface area contributed by atoms with Crippen molar-refractivity contribution in [2.24, 2.45) is 0 Å². The Balaban J connectivity index is 1.95. The van der Waals surface area contributed by atoms with Gasteiger partial charge in [0, 0.05) is 35.0 Å². The van der Waals surface area contributed by atoms with E-state index >= 15 is 0 Å². The number of aromatic nitrogens is 2. The summed E-state index contributed by atoms with van der Waals surface area (Å²) in [4.78, 5) is 8.17. The number of pyridine rings is 2. The number of nitrogens with zero attached hydrogens (tertiary/aromatic N) is 3. The van der Waals surface area contributed by atoms with Crippen molar-refractivity contribution in [3.63, 3.8) is 0 Å². The molecule has 7 nitrogen and oxygen atoms in total. The van der Waals surface area contributed by atoms with Crippen molar-refractivity contribution in [2.45, 2.75) is 0 Å². The number of methoxy groups -OCH3 is 1. The van der Waals surface area contributed by atoms with Crippen molar-refractivity contribution in [1.29, 1.82) is 5.26 Å². The smallest absolute Gasteiger partial charge is 0.188 e. The molecule has 3 rings (SSSR count). The third kappa shape index (κ3) is 5.01. The molecule has 2 heterocycles. The quantitative estimate of drug-likeness (QED) is 0.355. The van der Waals surface area contributed by atoms with E-state index in [2.05, 4.69) is 20.0 Å². The van der Waals surface area contributed by atoms with Gasteiger partial charge in [0.15, 0.2) is 6.19 Å². The Labute approximate surface area is 172 Å². The van der Waals surface area contributed by atoms with Gasteiger partial charge in [0.1, 0.15) is 29.0 Å². The van der Waals surface area contributed by atoms with Crippen molar-refractivity contribution in [1.82, 2.24) is 14.7 Å². The number of nitriles is 1. The van der Waals surface area contributed by atoms with Crippen molar-refractivity contribution in [3.05, 3.63) is 66.0 Å². The van der Waals surface area contributed by atoms with Gasteiger partial charge in [-0.1, -0.05) is 0 Å². The number of rotatable bonds is 6. The predicted octanol–water partition coefficient (Wildman–Crippen LogP) is 3.22. The minimum Gasteiger partial charge on any atom is -0.496 e. The van der Waals surface area contributed by atoms with E-state index in [9.17, 15) is 13.0 Å². The standard InChI is InChI=1S/C20H17F2N5O2S/c1-29-18-8-14(21)3-4-15(18)16-9-20(25-10-17(16)22)27-19-7-13(5-6-24-19)11-30(2,28)26-12-23/h3-11H,1-2H3,(H,26,28)(H,24,25,27). The van der Waals surface area contributed by atoms with Crippen molar-refractivity contribution in [3.8, 4) is 23.1 Å². The van der Waals surface area contributed by atoms with Gasteiger partial charge in [-0.3, -0.25) is 0 Å². The summed E-state index contributed by atoms with van der Waals surface area (Å²) in [5.74, 6) is -0.266. The molecule has 0 bridgehead atoms. The molecule has 2 aromatic heterocycles.